The Morgan fingerprint density at radius 2 is 1.70 bits per heavy atom. The minimum atomic E-state index is -4.70. The lowest BCUT2D eigenvalue weighted by Crippen LogP contribution is -2.36. The van der Waals surface area contributed by atoms with Crippen LogP contribution in [-0.4, -0.2) is 22.9 Å². The molecule has 0 atom stereocenters. The maximum Gasteiger partial charge on any atom is 0.573 e. The van der Waals surface area contributed by atoms with Gasteiger partial charge in [-0.2, -0.15) is 0 Å². The van der Waals surface area contributed by atoms with Crippen molar-refractivity contribution in [1.29, 1.82) is 0 Å². The number of benzene rings is 1. The number of carbonyl (C=O) groups is 1. The second kappa shape index (κ2) is 5.44. The van der Waals surface area contributed by atoms with Gasteiger partial charge in [-0.25, -0.2) is 0 Å². The van der Waals surface area contributed by atoms with Gasteiger partial charge < -0.3 is 9.84 Å². The van der Waals surface area contributed by atoms with E-state index in [9.17, 15) is 23.1 Å². The lowest BCUT2D eigenvalue weighted by atomic mass is 9.80. The van der Waals surface area contributed by atoms with Crippen LogP contribution in [0.15, 0.2) is 24.3 Å². The molecule has 1 aliphatic carbocycles. The van der Waals surface area contributed by atoms with Crippen LogP contribution in [0.4, 0.5) is 13.2 Å². The van der Waals surface area contributed by atoms with Crippen molar-refractivity contribution in [2.75, 3.05) is 0 Å². The molecule has 1 aliphatic rings. The van der Waals surface area contributed by atoms with Gasteiger partial charge in [0.1, 0.15) is 11.5 Å². The Hall–Kier alpha value is -1.56. The van der Waals surface area contributed by atoms with Crippen molar-refractivity contribution in [2.24, 2.45) is 0 Å². The molecule has 0 spiro atoms. The van der Waals surface area contributed by atoms with Gasteiger partial charge in [0.15, 0.2) is 0 Å². The first-order valence-electron chi connectivity index (χ1n) is 6.35. The van der Waals surface area contributed by atoms with Gasteiger partial charge in [0.2, 0.25) is 0 Å². The molecule has 0 saturated heterocycles. The zero-order valence-electron chi connectivity index (χ0n) is 10.7. The summed E-state index contributed by atoms with van der Waals surface area (Å²) in [5.74, 6) is -0.143. The quantitative estimate of drug-likeness (QED) is 0.930. The third kappa shape index (κ3) is 4.23. The van der Waals surface area contributed by atoms with Crippen LogP contribution < -0.4 is 4.74 Å². The Balaban J connectivity index is 1.98. The maximum atomic E-state index is 12.0. The van der Waals surface area contributed by atoms with Gasteiger partial charge in [-0.3, -0.25) is 4.79 Å². The minimum Gasteiger partial charge on any atom is -0.406 e. The summed E-state index contributed by atoms with van der Waals surface area (Å²) >= 11 is 0. The lowest BCUT2D eigenvalue weighted by molar-refractivity contribution is -0.274. The number of ketones is 1. The van der Waals surface area contributed by atoms with Crippen molar-refractivity contribution < 1.29 is 27.8 Å². The van der Waals surface area contributed by atoms with Crippen molar-refractivity contribution >= 4 is 5.78 Å². The monoisotopic (exact) mass is 288 g/mol. The van der Waals surface area contributed by atoms with Gasteiger partial charge in [0.05, 0.1) is 5.60 Å². The summed E-state index contributed by atoms with van der Waals surface area (Å²) < 4.78 is 39.8. The van der Waals surface area contributed by atoms with Crippen LogP contribution in [0.25, 0.3) is 0 Å². The number of carbonyl (C=O) groups excluding carboxylic acids is 1. The molecule has 3 nitrogen and oxygen atoms in total. The van der Waals surface area contributed by atoms with Gasteiger partial charge in [0.25, 0.3) is 0 Å². The van der Waals surface area contributed by atoms with Crippen molar-refractivity contribution in [1.82, 2.24) is 0 Å². The summed E-state index contributed by atoms with van der Waals surface area (Å²) in [4.78, 5) is 11.1. The Morgan fingerprint density at radius 1 is 1.15 bits per heavy atom. The van der Waals surface area contributed by atoms with Crippen LogP contribution in [0, 0.1) is 0 Å². The second-order valence-corrected chi connectivity index (χ2v) is 5.13. The SMILES string of the molecule is O=C1CCC(O)(Cc2ccc(OC(F)(F)F)cc2)CC1. The topological polar surface area (TPSA) is 46.5 Å². The zero-order valence-corrected chi connectivity index (χ0v) is 10.7. The van der Waals surface area contributed by atoms with E-state index in [4.69, 9.17) is 0 Å². The van der Waals surface area contributed by atoms with Crippen LogP contribution in [0.3, 0.4) is 0 Å². The van der Waals surface area contributed by atoms with Gasteiger partial charge in [0, 0.05) is 19.3 Å². The number of hydrogen-bond donors (Lipinski definition) is 1. The van der Waals surface area contributed by atoms with E-state index in [1.165, 1.54) is 24.3 Å². The summed E-state index contributed by atoms with van der Waals surface area (Å²) in [5.41, 5.74) is -0.225. The third-order valence-electron chi connectivity index (χ3n) is 3.43. The van der Waals surface area contributed by atoms with E-state index < -0.39 is 12.0 Å². The number of halogens is 3. The molecule has 0 aromatic heterocycles. The number of aliphatic hydroxyl groups is 1. The molecule has 0 bridgehead atoms. The van der Waals surface area contributed by atoms with E-state index in [1.807, 2.05) is 0 Å². The highest BCUT2D eigenvalue weighted by Gasteiger charge is 2.33. The molecule has 6 heteroatoms. The first kappa shape index (κ1) is 14.8. The molecule has 1 N–H and O–H groups in total. The van der Waals surface area contributed by atoms with Crippen molar-refractivity contribution in [2.45, 2.75) is 44.1 Å². The van der Waals surface area contributed by atoms with E-state index in [-0.39, 0.29) is 11.5 Å². The van der Waals surface area contributed by atoms with Crippen LogP contribution in [-0.2, 0) is 11.2 Å². The summed E-state index contributed by atoms with van der Waals surface area (Å²) in [7, 11) is 0. The molecule has 0 unspecified atom stereocenters. The summed E-state index contributed by atoms with van der Waals surface area (Å²) in [5, 5.41) is 10.3. The number of hydrogen-bond acceptors (Lipinski definition) is 3. The molecule has 2 rings (SSSR count). The van der Waals surface area contributed by atoms with Gasteiger partial charge in [-0.15, -0.1) is 13.2 Å². The molecule has 0 aliphatic heterocycles. The Bertz CT molecular complexity index is 469. The second-order valence-electron chi connectivity index (χ2n) is 5.13. The summed E-state index contributed by atoms with van der Waals surface area (Å²) in [6.07, 6.45) is -2.88. The number of ether oxygens (including phenoxy) is 1. The van der Waals surface area contributed by atoms with E-state index in [1.54, 1.807) is 0 Å². The first-order chi connectivity index (χ1) is 9.26. The zero-order chi connectivity index (χ0) is 14.8. The van der Waals surface area contributed by atoms with Gasteiger partial charge in [-0.05, 0) is 30.5 Å². The molecule has 1 saturated carbocycles. The minimum absolute atomic E-state index is 0.142. The molecule has 20 heavy (non-hydrogen) atoms. The molecule has 0 heterocycles. The predicted molar refractivity (Wildman–Crippen MR) is 65.3 cm³/mol. The average molecular weight is 288 g/mol. The Morgan fingerprint density at radius 3 is 2.20 bits per heavy atom. The molecule has 110 valence electrons. The Kier molecular flexibility index (Phi) is 4.04. The maximum absolute atomic E-state index is 12.0. The fraction of sp³-hybridized carbons (Fsp3) is 0.500. The molecular formula is C14H15F3O3. The fourth-order valence-corrected chi connectivity index (χ4v) is 2.36. The van der Waals surface area contributed by atoms with E-state index >= 15 is 0 Å². The molecular weight excluding hydrogens is 273 g/mol. The lowest BCUT2D eigenvalue weighted by Gasteiger charge is -2.31. The number of rotatable bonds is 3. The fourth-order valence-electron chi connectivity index (χ4n) is 2.36. The highest BCUT2D eigenvalue weighted by atomic mass is 19.4. The number of alkyl halides is 3. The smallest absolute Gasteiger partial charge is 0.406 e. The summed E-state index contributed by atoms with van der Waals surface area (Å²) in [6.45, 7) is 0. The van der Waals surface area contributed by atoms with E-state index in [0.29, 0.717) is 32.1 Å². The van der Waals surface area contributed by atoms with Gasteiger partial charge in [-0.1, -0.05) is 12.1 Å². The molecule has 1 fully saturated rings. The van der Waals surface area contributed by atoms with Crippen LogP contribution in [0.5, 0.6) is 5.75 Å². The van der Waals surface area contributed by atoms with Crippen LogP contribution in [0.1, 0.15) is 31.2 Å². The third-order valence-corrected chi connectivity index (χ3v) is 3.43. The van der Waals surface area contributed by atoms with Crippen LogP contribution >= 0.6 is 0 Å². The normalized spacial score (nSPS) is 18.9. The predicted octanol–water partition coefficient (Wildman–Crippen LogP) is 3.00. The molecule has 0 amide bonds. The van der Waals surface area contributed by atoms with Crippen LogP contribution in [0.2, 0.25) is 0 Å². The highest BCUT2D eigenvalue weighted by Crippen LogP contribution is 2.30. The van der Waals surface area contributed by atoms with Gasteiger partial charge >= 0.3 is 6.36 Å². The largest absolute Gasteiger partial charge is 0.573 e. The van der Waals surface area contributed by atoms with E-state index in [0.717, 1.165) is 5.56 Å². The standard InChI is InChI=1S/C14H15F3O3/c15-14(16,17)20-12-3-1-10(2-4-12)9-13(19)7-5-11(18)6-8-13/h1-4,19H,5-9H2. The molecule has 0 radical (unpaired) electrons. The van der Waals surface area contributed by atoms with E-state index in [2.05, 4.69) is 4.74 Å². The van der Waals surface area contributed by atoms with Crippen molar-refractivity contribution in [3.05, 3.63) is 29.8 Å². The molecule has 1 aromatic rings. The average Bonchev–Trinajstić information content (AvgIpc) is 2.34. The number of Topliss-reactive ketones (excluding diaryl/α,β-unsaturated/α-hetero) is 1. The van der Waals surface area contributed by atoms with Crippen molar-refractivity contribution in [3.63, 3.8) is 0 Å². The highest BCUT2D eigenvalue weighted by molar-refractivity contribution is 5.79. The first-order valence-corrected chi connectivity index (χ1v) is 6.35. The summed E-state index contributed by atoms with van der Waals surface area (Å²) in [6, 6.07) is 5.44. The Labute approximate surface area is 114 Å². The van der Waals surface area contributed by atoms with Crippen molar-refractivity contribution in [3.8, 4) is 5.75 Å². The molecule has 1 aromatic carbocycles.